The SMILES string of the molecule is O=C(NCCc1ccccc1F)Nc1cc(-c2ccccc2)on1. The second kappa shape index (κ2) is 7.41. The van der Waals surface area contributed by atoms with Crippen LogP contribution in [0.4, 0.5) is 15.0 Å². The topological polar surface area (TPSA) is 67.2 Å². The predicted molar refractivity (Wildman–Crippen MR) is 89.1 cm³/mol. The van der Waals surface area contributed by atoms with E-state index >= 15 is 0 Å². The molecule has 1 aromatic heterocycles. The summed E-state index contributed by atoms with van der Waals surface area (Å²) >= 11 is 0. The molecule has 0 bridgehead atoms. The van der Waals surface area contributed by atoms with E-state index in [-0.39, 0.29) is 5.82 Å². The predicted octanol–water partition coefficient (Wildman–Crippen LogP) is 3.84. The number of hydrogen-bond donors (Lipinski definition) is 2. The van der Waals surface area contributed by atoms with Gasteiger partial charge in [-0.25, -0.2) is 9.18 Å². The van der Waals surface area contributed by atoms with Gasteiger partial charge in [0.25, 0.3) is 0 Å². The Balaban J connectivity index is 1.51. The van der Waals surface area contributed by atoms with E-state index in [0.717, 1.165) is 5.56 Å². The van der Waals surface area contributed by atoms with Crippen LogP contribution in [0, 0.1) is 5.82 Å². The summed E-state index contributed by atoms with van der Waals surface area (Å²) in [6, 6.07) is 17.2. The van der Waals surface area contributed by atoms with Crippen molar-refractivity contribution in [3.63, 3.8) is 0 Å². The van der Waals surface area contributed by atoms with Crippen molar-refractivity contribution in [2.75, 3.05) is 11.9 Å². The van der Waals surface area contributed by atoms with Gasteiger partial charge >= 0.3 is 6.03 Å². The van der Waals surface area contributed by atoms with Crippen LogP contribution in [-0.4, -0.2) is 17.7 Å². The fourth-order valence-electron chi connectivity index (χ4n) is 2.24. The van der Waals surface area contributed by atoms with Crippen LogP contribution in [0.1, 0.15) is 5.56 Å². The first kappa shape index (κ1) is 15.7. The molecule has 3 rings (SSSR count). The number of nitrogens with zero attached hydrogens (tertiary/aromatic N) is 1. The van der Waals surface area contributed by atoms with Crippen molar-refractivity contribution in [1.82, 2.24) is 10.5 Å². The van der Waals surface area contributed by atoms with Gasteiger partial charge in [0.2, 0.25) is 0 Å². The van der Waals surface area contributed by atoms with Crippen LogP contribution in [-0.2, 0) is 6.42 Å². The highest BCUT2D eigenvalue weighted by Gasteiger charge is 2.09. The van der Waals surface area contributed by atoms with Crippen LogP contribution < -0.4 is 10.6 Å². The van der Waals surface area contributed by atoms with Crippen molar-refractivity contribution >= 4 is 11.8 Å². The minimum Gasteiger partial charge on any atom is -0.354 e. The lowest BCUT2D eigenvalue weighted by atomic mass is 10.1. The largest absolute Gasteiger partial charge is 0.354 e. The summed E-state index contributed by atoms with van der Waals surface area (Å²) < 4.78 is 18.7. The lowest BCUT2D eigenvalue weighted by Crippen LogP contribution is -2.30. The van der Waals surface area contributed by atoms with Crippen molar-refractivity contribution in [3.8, 4) is 11.3 Å². The maximum absolute atomic E-state index is 13.5. The zero-order valence-electron chi connectivity index (χ0n) is 12.8. The number of amides is 2. The molecule has 0 saturated heterocycles. The third kappa shape index (κ3) is 3.98. The Labute approximate surface area is 138 Å². The monoisotopic (exact) mass is 325 g/mol. The summed E-state index contributed by atoms with van der Waals surface area (Å²) in [5, 5.41) is 9.05. The van der Waals surface area contributed by atoms with Crippen molar-refractivity contribution in [2.24, 2.45) is 0 Å². The Morgan fingerprint density at radius 3 is 2.62 bits per heavy atom. The summed E-state index contributed by atoms with van der Waals surface area (Å²) in [5.74, 6) is 0.609. The summed E-state index contributed by atoms with van der Waals surface area (Å²) in [6.45, 7) is 0.316. The Kier molecular flexibility index (Phi) is 4.86. The van der Waals surface area contributed by atoms with Crippen LogP contribution >= 0.6 is 0 Å². The Bertz CT molecular complexity index is 818. The fourth-order valence-corrected chi connectivity index (χ4v) is 2.24. The van der Waals surface area contributed by atoms with Crippen LogP contribution in [0.5, 0.6) is 0 Å². The van der Waals surface area contributed by atoms with Gasteiger partial charge in [0.15, 0.2) is 11.6 Å². The maximum Gasteiger partial charge on any atom is 0.320 e. The molecule has 0 spiro atoms. The number of carbonyl (C=O) groups excluding carboxylic acids is 1. The molecule has 0 aliphatic rings. The number of halogens is 1. The molecule has 0 atom stereocenters. The molecule has 0 aliphatic carbocycles. The van der Waals surface area contributed by atoms with Gasteiger partial charge in [-0.1, -0.05) is 53.7 Å². The van der Waals surface area contributed by atoms with Crippen molar-refractivity contribution in [3.05, 3.63) is 72.0 Å². The third-order valence-electron chi connectivity index (χ3n) is 3.45. The molecule has 0 saturated carbocycles. The maximum atomic E-state index is 13.5. The zero-order chi connectivity index (χ0) is 16.8. The second-order valence-corrected chi connectivity index (χ2v) is 5.16. The quantitative estimate of drug-likeness (QED) is 0.749. The summed E-state index contributed by atoms with van der Waals surface area (Å²) in [7, 11) is 0. The Morgan fingerprint density at radius 1 is 1.08 bits per heavy atom. The highest BCUT2D eigenvalue weighted by atomic mass is 19.1. The van der Waals surface area contributed by atoms with E-state index in [1.165, 1.54) is 6.07 Å². The first-order valence-corrected chi connectivity index (χ1v) is 7.53. The average Bonchev–Trinajstić information content (AvgIpc) is 3.06. The number of carbonyl (C=O) groups is 1. The van der Waals surface area contributed by atoms with E-state index in [0.29, 0.717) is 30.1 Å². The average molecular weight is 325 g/mol. The van der Waals surface area contributed by atoms with E-state index in [1.54, 1.807) is 24.3 Å². The lowest BCUT2D eigenvalue weighted by molar-refractivity contribution is 0.252. The number of benzene rings is 2. The minimum absolute atomic E-state index is 0.274. The zero-order valence-corrected chi connectivity index (χ0v) is 12.8. The van der Waals surface area contributed by atoms with Gasteiger partial charge in [0.05, 0.1) is 0 Å². The van der Waals surface area contributed by atoms with E-state index in [4.69, 9.17) is 4.52 Å². The van der Waals surface area contributed by atoms with Crippen molar-refractivity contribution in [2.45, 2.75) is 6.42 Å². The summed E-state index contributed by atoms with van der Waals surface area (Å²) in [6.07, 6.45) is 0.411. The van der Waals surface area contributed by atoms with Crippen molar-refractivity contribution in [1.29, 1.82) is 0 Å². The number of hydrogen-bond acceptors (Lipinski definition) is 3. The van der Waals surface area contributed by atoms with Crippen LogP contribution in [0.2, 0.25) is 0 Å². The van der Waals surface area contributed by atoms with Crippen LogP contribution in [0.25, 0.3) is 11.3 Å². The van der Waals surface area contributed by atoms with Gasteiger partial charge in [0, 0.05) is 18.2 Å². The normalized spacial score (nSPS) is 10.4. The van der Waals surface area contributed by atoms with Gasteiger partial charge in [0.1, 0.15) is 5.82 Å². The minimum atomic E-state index is -0.417. The Hall–Kier alpha value is -3.15. The second-order valence-electron chi connectivity index (χ2n) is 5.16. The summed E-state index contributed by atoms with van der Waals surface area (Å²) in [4.78, 5) is 11.8. The van der Waals surface area contributed by atoms with Gasteiger partial charge < -0.3 is 9.84 Å². The number of rotatable bonds is 5. The standard InChI is InChI=1S/C18H16FN3O2/c19-15-9-5-4-6-13(15)10-11-20-18(23)21-17-12-16(24-22-17)14-7-2-1-3-8-14/h1-9,12H,10-11H2,(H2,20,21,22,23). The number of urea groups is 1. The molecule has 2 amide bonds. The van der Waals surface area contributed by atoms with Crippen LogP contribution in [0.15, 0.2) is 65.2 Å². The third-order valence-corrected chi connectivity index (χ3v) is 3.45. The van der Waals surface area contributed by atoms with E-state index < -0.39 is 6.03 Å². The highest BCUT2D eigenvalue weighted by Crippen LogP contribution is 2.21. The molecule has 0 aliphatic heterocycles. The fraction of sp³-hybridized carbons (Fsp3) is 0.111. The molecule has 2 aromatic carbocycles. The number of nitrogens with one attached hydrogen (secondary N) is 2. The summed E-state index contributed by atoms with van der Waals surface area (Å²) in [5.41, 5.74) is 1.43. The molecule has 3 aromatic rings. The molecule has 6 heteroatoms. The molecule has 0 radical (unpaired) electrons. The molecule has 5 nitrogen and oxygen atoms in total. The molecule has 2 N–H and O–H groups in total. The van der Waals surface area contributed by atoms with Gasteiger partial charge in [-0.15, -0.1) is 0 Å². The van der Waals surface area contributed by atoms with E-state index in [9.17, 15) is 9.18 Å². The first-order valence-electron chi connectivity index (χ1n) is 7.53. The number of aromatic nitrogens is 1. The molecule has 122 valence electrons. The number of anilines is 1. The van der Waals surface area contributed by atoms with E-state index in [2.05, 4.69) is 15.8 Å². The molecule has 0 fully saturated rings. The molecular formula is C18H16FN3O2. The van der Waals surface area contributed by atoms with Crippen LogP contribution in [0.3, 0.4) is 0 Å². The highest BCUT2D eigenvalue weighted by molar-refractivity contribution is 5.88. The molecule has 0 unspecified atom stereocenters. The molecular weight excluding hydrogens is 309 g/mol. The van der Waals surface area contributed by atoms with Gasteiger partial charge in [-0.3, -0.25) is 5.32 Å². The first-order chi connectivity index (χ1) is 11.7. The van der Waals surface area contributed by atoms with E-state index in [1.807, 2.05) is 30.3 Å². The Morgan fingerprint density at radius 2 is 1.83 bits per heavy atom. The lowest BCUT2D eigenvalue weighted by Gasteiger charge is -2.06. The van der Waals surface area contributed by atoms with Crippen molar-refractivity contribution < 1.29 is 13.7 Å². The van der Waals surface area contributed by atoms with Gasteiger partial charge in [-0.2, -0.15) is 0 Å². The van der Waals surface area contributed by atoms with Gasteiger partial charge in [-0.05, 0) is 18.1 Å². The molecule has 1 heterocycles. The smallest absolute Gasteiger partial charge is 0.320 e. The molecule has 24 heavy (non-hydrogen) atoms.